The Bertz CT molecular complexity index is 702. The lowest BCUT2D eigenvalue weighted by Crippen LogP contribution is -1.95. The van der Waals surface area contributed by atoms with Gasteiger partial charge in [0.2, 0.25) is 0 Å². The quantitative estimate of drug-likeness (QED) is 0.808. The lowest BCUT2D eigenvalue weighted by atomic mass is 10.1. The summed E-state index contributed by atoms with van der Waals surface area (Å²) in [5, 5.41) is 9.82. The molecule has 0 unspecified atom stereocenters. The van der Waals surface area contributed by atoms with Gasteiger partial charge in [0.15, 0.2) is 5.78 Å². The number of carbonyl (C=O) groups is 1. The van der Waals surface area contributed by atoms with Crippen molar-refractivity contribution in [3.05, 3.63) is 69.2 Å². The number of rotatable bonds is 1. The second kappa shape index (κ2) is 4.67. The van der Waals surface area contributed by atoms with Crippen molar-refractivity contribution in [2.75, 3.05) is 0 Å². The molecule has 2 nitrogen and oxygen atoms in total. The molecule has 2 aromatic carbocycles. The van der Waals surface area contributed by atoms with E-state index in [2.05, 4.69) is 15.9 Å². The Balaban J connectivity index is 2.03. The molecule has 0 radical (unpaired) electrons. The molecule has 0 atom stereocenters. The molecule has 3 heteroatoms. The first-order valence-electron chi connectivity index (χ1n) is 5.97. The molecule has 0 aliphatic heterocycles. The molecule has 0 fully saturated rings. The summed E-state index contributed by atoms with van der Waals surface area (Å²) in [5.74, 6) is 0.231. The van der Waals surface area contributed by atoms with E-state index in [1.165, 1.54) is 0 Å². The molecule has 0 bridgehead atoms. The van der Waals surface area contributed by atoms with Crippen LogP contribution in [-0.2, 0) is 6.42 Å². The Hall–Kier alpha value is -1.87. The molecule has 0 spiro atoms. The SMILES string of the molecule is O=C1/C(=C/c2cc(Br)ccc2O)Cc2ccccc21. The van der Waals surface area contributed by atoms with Gasteiger partial charge in [0.1, 0.15) is 5.75 Å². The van der Waals surface area contributed by atoms with Gasteiger partial charge in [0, 0.05) is 27.6 Å². The van der Waals surface area contributed by atoms with Crippen LogP contribution in [0, 0.1) is 0 Å². The van der Waals surface area contributed by atoms with Crippen molar-refractivity contribution in [1.29, 1.82) is 0 Å². The number of benzene rings is 2. The summed E-state index contributed by atoms with van der Waals surface area (Å²) in [7, 11) is 0. The average Bonchev–Trinajstić information content (AvgIpc) is 2.72. The van der Waals surface area contributed by atoms with Crippen LogP contribution < -0.4 is 0 Å². The number of carbonyl (C=O) groups excluding carboxylic acids is 1. The Morgan fingerprint density at radius 1 is 1.16 bits per heavy atom. The second-order valence-corrected chi connectivity index (χ2v) is 5.45. The van der Waals surface area contributed by atoms with Crippen LogP contribution in [0.4, 0.5) is 0 Å². The van der Waals surface area contributed by atoms with Crippen molar-refractivity contribution in [3.8, 4) is 5.75 Å². The Labute approximate surface area is 119 Å². The highest BCUT2D eigenvalue weighted by molar-refractivity contribution is 9.10. The summed E-state index contributed by atoms with van der Waals surface area (Å²) in [6.45, 7) is 0. The first kappa shape index (κ1) is 12.2. The summed E-state index contributed by atoms with van der Waals surface area (Å²) >= 11 is 3.36. The fraction of sp³-hybridized carbons (Fsp3) is 0.0625. The van der Waals surface area contributed by atoms with Crippen molar-refractivity contribution < 1.29 is 9.90 Å². The van der Waals surface area contributed by atoms with E-state index in [1.807, 2.05) is 24.3 Å². The first-order chi connectivity index (χ1) is 9.15. The van der Waals surface area contributed by atoms with Gasteiger partial charge in [-0.3, -0.25) is 4.79 Å². The number of allylic oxidation sites excluding steroid dienone is 1. The van der Waals surface area contributed by atoms with E-state index in [9.17, 15) is 9.90 Å². The zero-order valence-corrected chi connectivity index (χ0v) is 11.6. The van der Waals surface area contributed by atoms with Gasteiger partial charge in [-0.1, -0.05) is 40.2 Å². The minimum absolute atomic E-state index is 0.0509. The van der Waals surface area contributed by atoms with E-state index in [4.69, 9.17) is 0 Å². The summed E-state index contributed by atoms with van der Waals surface area (Å²) in [6, 6.07) is 12.8. The lowest BCUT2D eigenvalue weighted by molar-refractivity contribution is 0.104. The molecule has 0 saturated heterocycles. The normalized spacial score (nSPS) is 15.8. The number of hydrogen-bond acceptors (Lipinski definition) is 2. The highest BCUT2D eigenvalue weighted by Crippen LogP contribution is 2.30. The van der Waals surface area contributed by atoms with Gasteiger partial charge in [-0.2, -0.15) is 0 Å². The topological polar surface area (TPSA) is 37.3 Å². The molecule has 0 heterocycles. The smallest absolute Gasteiger partial charge is 0.189 e. The maximum Gasteiger partial charge on any atom is 0.189 e. The predicted octanol–water partition coefficient (Wildman–Crippen LogP) is 3.98. The number of Topliss-reactive ketones (excluding diaryl/α,β-unsaturated/α-hetero) is 1. The molecule has 1 aliphatic rings. The van der Waals surface area contributed by atoms with Gasteiger partial charge in [0.25, 0.3) is 0 Å². The van der Waals surface area contributed by atoms with E-state index >= 15 is 0 Å². The molecule has 1 aliphatic carbocycles. The molecule has 2 aromatic rings. The van der Waals surface area contributed by atoms with Crippen LogP contribution in [-0.4, -0.2) is 10.9 Å². The predicted molar refractivity (Wildman–Crippen MR) is 78.3 cm³/mol. The Kier molecular flexibility index (Phi) is 2.99. The number of fused-ring (bicyclic) bond motifs is 1. The zero-order chi connectivity index (χ0) is 13.4. The average molecular weight is 315 g/mol. The van der Waals surface area contributed by atoms with Crippen molar-refractivity contribution in [2.24, 2.45) is 0 Å². The molecular weight excluding hydrogens is 304 g/mol. The first-order valence-corrected chi connectivity index (χ1v) is 6.76. The van der Waals surface area contributed by atoms with Crippen LogP contribution in [0.5, 0.6) is 5.75 Å². The van der Waals surface area contributed by atoms with Crippen LogP contribution in [0.25, 0.3) is 6.08 Å². The number of aromatic hydroxyl groups is 1. The number of halogens is 1. The van der Waals surface area contributed by atoms with Gasteiger partial charge in [0.05, 0.1) is 0 Å². The number of ketones is 1. The van der Waals surface area contributed by atoms with E-state index in [1.54, 1.807) is 24.3 Å². The number of phenols is 1. The van der Waals surface area contributed by atoms with Gasteiger partial charge in [-0.05, 0) is 29.8 Å². The second-order valence-electron chi connectivity index (χ2n) is 4.54. The van der Waals surface area contributed by atoms with E-state index < -0.39 is 0 Å². The van der Waals surface area contributed by atoms with Crippen molar-refractivity contribution >= 4 is 27.8 Å². The third-order valence-electron chi connectivity index (χ3n) is 3.25. The maximum absolute atomic E-state index is 12.2. The third kappa shape index (κ3) is 2.22. The lowest BCUT2D eigenvalue weighted by Gasteiger charge is -2.01. The molecule has 0 amide bonds. The minimum Gasteiger partial charge on any atom is -0.507 e. The van der Waals surface area contributed by atoms with Gasteiger partial charge in [-0.15, -0.1) is 0 Å². The Morgan fingerprint density at radius 3 is 2.74 bits per heavy atom. The van der Waals surface area contributed by atoms with Crippen LogP contribution in [0.2, 0.25) is 0 Å². The highest BCUT2D eigenvalue weighted by Gasteiger charge is 2.24. The number of phenolic OH excluding ortho intramolecular Hbond substituents is 1. The van der Waals surface area contributed by atoms with Crippen LogP contribution in [0.15, 0.2) is 52.5 Å². The summed E-state index contributed by atoms with van der Waals surface area (Å²) in [4.78, 5) is 12.2. The maximum atomic E-state index is 12.2. The monoisotopic (exact) mass is 314 g/mol. The molecule has 1 N–H and O–H groups in total. The van der Waals surface area contributed by atoms with Crippen LogP contribution >= 0.6 is 15.9 Å². The van der Waals surface area contributed by atoms with E-state index in [0.29, 0.717) is 12.0 Å². The largest absolute Gasteiger partial charge is 0.507 e. The van der Waals surface area contributed by atoms with Crippen LogP contribution in [0.1, 0.15) is 21.5 Å². The van der Waals surface area contributed by atoms with Crippen molar-refractivity contribution in [3.63, 3.8) is 0 Å². The third-order valence-corrected chi connectivity index (χ3v) is 3.75. The van der Waals surface area contributed by atoms with Gasteiger partial charge >= 0.3 is 0 Å². The van der Waals surface area contributed by atoms with Gasteiger partial charge in [-0.25, -0.2) is 0 Å². The van der Waals surface area contributed by atoms with Crippen molar-refractivity contribution in [1.82, 2.24) is 0 Å². The fourth-order valence-electron chi connectivity index (χ4n) is 2.30. The molecule has 3 rings (SSSR count). The minimum atomic E-state index is 0.0509. The zero-order valence-electron chi connectivity index (χ0n) is 10.1. The fourth-order valence-corrected chi connectivity index (χ4v) is 2.68. The summed E-state index contributed by atoms with van der Waals surface area (Å²) in [6.07, 6.45) is 2.39. The molecule has 0 aromatic heterocycles. The van der Waals surface area contributed by atoms with E-state index in [-0.39, 0.29) is 11.5 Å². The molecule has 19 heavy (non-hydrogen) atoms. The standard InChI is InChI=1S/C16H11BrO2/c17-13-5-6-15(18)11(9-13)8-12-7-10-3-1-2-4-14(10)16(12)19/h1-6,8-9,18H,7H2/b12-8+. The number of hydrogen-bond donors (Lipinski definition) is 1. The van der Waals surface area contributed by atoms with E-state index in [0.717, 1.165) is 21.2 Å². The van der Waals surface area contributed by atoms with Crippen LogP contribution in [0.3, 0.4) is 0 Å². The molecular formula is C16H11BrO2. The Morgan fingerprint density at radius 2 is 1.95 bits per heavy atom. The van der Waals surface area contributed by atoms with Crippen molar-refractivity contribution in [2.45, 2.75) is 6.42 Å². The highest BCUT2D eigenvalue weighted by atomic mass is 79.9. The van der Waals surface area contributed by atoms with Gasteiger partial charge < -0.3 is 5.11 Å². The molecule has 0 saturated carbocycles. The molecule has 94 valence electrons. The summed E-state index contributed by atoms with van der Waals surface area (Å²) < 4.78 is 0.875. The summed E-state index contributed by atoms with van der Waals surface area (Å²) in [5.41, 5.74) is 3.19.